The van der Waals surface area contributed by atoms with Crippen LogP contribution >= 0.6 is 0 Å². The number of amides is 1. The molecule has 3 aromatic rings. The SMILES string of the molecule is CCc1ccc(OCCNC(=O)[C@H]2CN(S(=O)(=O)c3ccc(OC)cc3)c3cc(C(C)(C)C)ccc3O2)cc1. The summed E-state index contributed by atoms with van der Waals surface area (Å²) in [5.41, 5.74) is 2.36. The van der Waals surface area contributed by atoms with Crippen LogP contribution in [0.1, 0.15) is 38.8 Å². The van der Waals surface area contributed by atoms with Gasteiger partial charge in [0.25, 0.3) is 15.9 Å². The van der Waals surface area contributed by atoms with Crippen molar-refractivity contribution in [2.75, 3.05) is 31.1 Å². The fourth-order valence-corrected chi connectivity index (χ4v) is 5.70. The Balaban J connectivity index is 1.53. The minimum atomic E-state index is -4.00. The third-order valence-electron chi connectivity index (χ3n) is 6.64. The number of rotatable bonds is 9. The molecule has 0 aliphatic carbocycles. The molecule has 0 unspecified atom stereocenters. The average Bonchev–Trinajstić information content (AvgIpc) is 2.94. The van der Waals surface area contributed by atoms with E-state index in [0.29, 0.717) is 17.2 Å². The molecule has 3 aromatic carbocycles. The number of hydrogen-bond acceptors (Lipinski definition) is 6. The Morgan fingerprint density at radius 3 is 2.31 bits per heavy atom. The number of carbonyl (C=O) groups is 1. The van der Waals surface area contributed by atoms with E-state index in [-0.39, 0.29) is 30.0 Å². The second kappa shape index (κ2) is 11.6. The van der Waals surface area contributed by atoms with Gasteiger partial charge in [-0.15, -0.1) is 0 Å². The molecule has 8 nitrogen and oxygen atoms in total. The van der Waals surface area contributed by atoms with Crippen molar-refractivity contribution in [2.45, 2.75) is 50.5 Å². The van der Waals surface area contributed by atoms with Crippen molar-refractivity contribution in [1.82, 2.24) is 5.32 Å². The molecule has 39 heavy (non-hydrogen) atoms. The molecule has 0 radical (unpaired) electrons. The zero-order chi connectivity index (χ0) is 28.2. The Morgan fingerprint density at radius 2 is 1.69 bits per heavy atom. The summed E-state index contributed by atoms with van der Waals surface area (Å²) in [6.45, 7) is 8.59. The van der Waals surface area contributed by atoms with Gasteiger partial charge in [0, 0.05) is 0 Å². The third-order valence-corrected chi connectivity index (χ3v) is 8.43. The Kier molecular flexibility index (Phi) is 8.39. The second-order valence-electron chi connectivity index (χ2n) is 10.4. The predicted molar refractivity (Wildman–Crippen MR) is 151 cm³/mol. The molecule has 4 rings (SSSR count). The number of benzene rings is 3. The summed E-state index contributed by atoms with van der Waals surface area (Å²) in [5, 5.41) is 2.81. The normalized spacial score (nSPS) is 15.2. The molecule has 0 spiro atoms. The highest BCUT2D eigenvalue weighted by Crippen LogP contribution is 2.40. The smallest absolute Gasteiger partial charge is 0.264 e. The van der Waals surface area contributed by atoms with Gasteiger partial charge in [0.2, 0.25) is 0 Å². The number of nitrogens with one attached hydrogen (secondary N) is 1. The minimum Gasteiger partial charge on any atom is -0.497 e. The van der Waals surface area contributed by atoms with Gasteiger partial charge in [0.1, 0.15) is 23.9 Å². The van der Waals surface area contributed by atoms with Crippen LogP contribution in [-0.2, 0) is 26.7 Å². The van der Waals surface area contributed by atoms with E-state index in [9.17, 15) is 13.2 Å². The molecular formula is C30H36N2O6S. The molecule has 208 valence electrons. The van der Waals surface area contributed by atoms with Crippen molar-refractivity contribution in [3.05, 3.63) is 77.9 Å². The van der Waals surface area contributed by atoms with Gasteiger partial charge in [-0.05, 0) is 71.5 Å². The van der Waals surface area contributed by atoms with Crippen LogP contribution in [0.15, 0.2) is 71.6 Å². The summed E-state index contributed by atoms with van der Waals surface area (Å²) in [5.74, 6) is 1.18. The lowest BCUT2D eigenvalue weighted by atomic mass is 9.86. The van der Waals surface area contributed by atoms with Crippen LogP contribution in [0, 0.1) is 0 Å². The summed E-state index contributed by atoms with van der Waals surface area (Å²) in [4.78, 5) is 13.2. The minimum absolute atomic E-state index is 0.0963. The van der Waals surface area contributed by atoms with Gasteiger partial charge in [-0.25, -0.2) is 8.42 Å². The van der Waals surface area contributed by atoms with Crippen LogP contribution in [0.4, 0.5) is 5.69 Å². The molecule has 0 fully saturated rings. The number of aryl methyl sites for hydroxylation is 1. The van der Waals surface area contributed by atoms with Gasteiger partial charge in [0.15, 0.2) is 6.10 Å². The molecule has 9 heteroatoms. The average molecular weight is 553 g/mol. The van der Waals surface area contributed by atoms with Crippen LogP contribution in [0.25, 0.3) is 0 Å². The molecule has 0 aromatic heterocycles. The zero-order valence-electron chi connectivity index (χ0n) is 23.1. The lowest BCUT2D eigenvalue weighted by molar-refractivity contribution is -0.127. The maximum atomic E-state index is 13.8. The van der Waals surface area contributed by atoms with Crippen LogP contribution in [-0.4, -0.2) is 47.2 Å². The van der Waals surface area contributed by atoms with E-state index in [1.54, 1.807) is 18.2 Å². The van der Waals surface area contributed by atoms with E-state index in [1.807, 2.05) is 36.4 Å². The third kappa shape index (κ3) is 6.47. The molecule has 1 atom stereocenters. The van der Waals surface area contributed by atoms with Crippen LogP contribution in [0.3, 0.4) is 0 Å². The first-order valence-corrected chi connectivity index (χ1v) is 14.4. The van der Waals surface area contributed by atoms with Crippen molar-refractivity contribution in [2.24, 2.45) is 0 Å². The molecule has 0 saturated carbocycles. The monoisotopic (exact) mass is 552 g/mol. The van der Waals surface area contributed by atoms with Gasteiger partial charge in [-0.1, -0.05) is 45.9 Å². The maximum Gasteiger partial charge on any atom is 0.264 e. The summed E-state index contributed by atoms with van der Waals surface area (Å²) in [6, 6.07) is 19.4. The van der Waals surface area contributed by atoms with Gasteiger partial charge in [-0.2, -0.15) is 0 Å². The quantitative estimate of drug-likeness (QED) is 0.387. The number of nitrogens with zero attached hydrogens (tertiary/aromatic N) is 1. The molecular weight excluding hydrogens is 516 g/mol. The number of ether oxygens (including phenoxy) is 3. The second-order valence-corrected chi connectivity index (χ2v) is 12.2. The Morgan fingerprint density at radius 1 is 1.03 bits per heavy atom. The zero-order valence-corrected chi connectivity index (χ0v) is 23.9. The molecule has 1 amide bonds. The number of sulfonamides is 1. The summed E-state index contributed by atoms with van der Waals surface area (Å²) < 4.78 is 45.8. The van der Waals surface area contributed by atoms with E-state index in [0.717, 1.165) is 17.7 Å². The highest BCUT2D eigenvalue weighted by Gasteiger charge is 2.38. The molecule has 1 aliphatic rings. The highest BCUT2D eigenvalue weighted by atomic mass is 32.2. The van der Waals surface area contributed by atoms with E-state index >= 15 is 0 Å². The van der Waals surface area contributed by atoms with Crippen LogP contribution < -0.4 is 23.8 Å². The standard InChI is InChI=1S/C30H36N2O6S/c1-6-21-7-10-24(11-8-21)37-18-17-31-29(33)28-20-32(39(34,35)25-14-12-23(36-5)13-15-25)26-19-22(30(2,3)4)9-16-27(26)38-28/h7-16,19,28H,6,17-18,20H2,1-5H3,(H,31,33)/t28-/m1/s1. The largest absolute Gasteiger partial charge is 0.497 e. The van der Waals surface area contributed by atoms with E-state index in [4.69, 9.17) is 14.2 Å². The van der Waals surface area contributed by atoms with Gasteiger partial charge in [0.05, 0.1) is 30.8 Å². The van der Waals surface area contributed by atoms with Crippen molar-refractivity contribution in [3.63, 3.8) is 0 Å². The Bertz CT molecular complexity index is 1400. The van der Waals surface area contributed by atoms with E-state index < -0.39 is 22.0 Å². The van der Waals surface area contributed by atoms with E-state index in [2.05, 4.69) is 33.0 Å². The molecule has 0 saturated heterocycles. The molecule has 0 bridgehead atoms. The summed E-state index contributed by atoms with van der Waals surface area (Å²) in [7, 11) is -2.48. The fraction of sp³-hybridized carbons (Fsp3) is 0.367. The van der Waals surface area contributed by atoms with Crippen molar-refractivity contribution >= 4 is 21.6 Å². The number of fused-ring (bicyclic) bond motifs is 1. The number of carbonyl (C=O) groups excluding carboxylic acids is 1. The lowest BCUT2D eigenvalue weighted by Gasteiger charge is -2.36. The molecule has 1 N–H and O–H groups in total. The summed E-state index contributed by atoms with van der Waals surface area (Å²) in [6.07, 6.45) is -0.0846. The first kappa shape index (κ1) is 28.3. The van der Waals surface area contributed by atoms with Gasteiger partial charge < -0.3 is 19.5 Å². The van der Waals surface area contributed by atoms with Crippen molar-refractivity contribution in [3.8, 4) is 17.2 Å². The molecule has 1 aliphatic heterocycles. The number of anilines is 1. The molecule has 1 heterocycles. The van der Waals surface area contributed by atoms with Gasteiger partial charge in [-0.3, -0.25) is 9.10 Å². The van der Waals surface area contributed by atoms with E-state index in [1.165, 1.54) is 29.1 Å². The fourth-order valence-electron chi connectivity index (χ4n) is 4.24. The predicted octanol–water partition coefficient (Wildman–Crippen LogP) is 4.71. The topological polar surface area (TPSA) is 94.2 Å². The Hall–Kier alpha value is -3.72. The maximum absolute atomic E-state index is 13.8. The lowest BCUT2D eigenvalue weighted by Crippen LogP contribution is -2.51. The highest BCUT2D eigenvalue weighted by molar-refractivity contribution is 7.92. The van der Waals surface area contributed by atoms with Crippen LogP contribution in [0.5, 0.6) is 17.2 Å². The van der Waals surface area contributed by atoms with Gasteiger partial charge >= 0.3 is 0 Å². The number of hydrogen-bond donors (Lipinski definition) is 1. The van der Waals surface area contributed by atoms with Crippen molar-refractivity contribution < 1.29 is 27.4 Å². The van der Waals surface area contributed by atoms with Crippen LogP contribution in [0.2, 0.25) is 0 Å². The number of methoxy groups -OCH3 is 1. The van der Waals surface area contributed by atoms with Crippen molar-refractivity contribution in [1.29, 1.82) is 0 Å². The summed E-state index contributed by atoms with van der Waals surface area (Å²) >= 11 is 0. The Labute approximate surface area is 230 Å². The first-order chi connectivity index (χ1) is 18.5. The first-order valence-electron chi connectivity index (χ1n) is 13.0.